The summed E-state index contributed by atoms with van der Waals surface area (Å²) in [5.41, 5.74) is 1.20. The summed E-state index contributed by atoms with van der Waals surface area (Å²) in [6.45, 7) is 2.04. The summed E-state index contributed by atoms with van der Waals surface area (Å²) < 4.78 is 9.77. The number of carbonyl (C=O) groups excluding carboxylic acids is 1. The number of anilines is 1. The number of furan rings is 1. The molecule has 0 bridgehead atoms. The van der Waals surface area contributed by atoms with Crippen LogP contribution in [0.1, 0.15) is 30.0 Å². The third-order valence-corrected chi connectivity index (χ3v) is 5.56. The molecule has 6 nitrogen and oxygen atoms in total. The molecule has 140 valence electrons. The van der Waals surface area contributed by atoms with Crippen molar-refractivity contribution in [2.24, 2.45) is 5.92 Å². The van der Waals surface area contributed by atoms with Gasteiger partial charge in [0.1, 0.15) is 11.6 Å². The number of hydrogen-bond donors (Lipinski definition) is 1. The number of carbonyl (C=O) groups is 1. The van der Waals surface area contributed by atoms with E-state index >= 15 is 0 Å². The zero-order chi connectivity index (χ0) is 18.5. The highest BCUT2D eigenvalue weighted by Gasteiger charge is 2.27. The second kappa shape index (κ2) is 8.35. The topological polar surface area (TPSA) is 71.3 Å². The van der Waals surface area contributed by atoms with Gasteiger partial charge in [-0.15, -0.1) is 0 Å². The standard InChI is InChI=1S/C20H22N4O2S/c25-19(21-13-17-9-5-11-26-17)16-8-4-10-24(14-16)20-22-18(23-27-20)12-15-6-2-1-3-7-15/h1-3,5-7,9,11,16H,4,8,10,12-14H2,(H,21,25). The van der Waals surface area contributed by atoms with Gasteiger partial charge in [0.05, 0.1) is 18.7 Å². The number of rotatable bonds is 6. The number of nitrogens with one attached hydrogen (secondary N) is 1. The minimum absolute atomic E-state index is 0.0322. The van der Waals surface area contributed by atoms with Crippen molar-refractivity contribution in [1.82, 2.24) is 14.7 Å². The first-order valence-electron chi connectivity index (χ1n) is 9.19. The Hall–Kier alpha value is -2.67. The second-order valence-corrected chi connectivity index (χ2v) is 7.47. The molecule has 1 unspecified atom stereocenters. The van der Waals surface area contributed by atoms with Crippen molar-refractivity contribution in [3.8, 4) is 0 Å². The van der Waals surface area contributed by atoms with Crippen LogP contribution in [0.4, 0.5) is 5.13 Å². The van der Waals surface area contributed by atoms with Gasteiger partial charge in [0, 0.05) is 31.0 Å². The molecule has 1 aliphatic rings. The maximum atomic E-state index is 12.5. The van der Waals surface area contributed by atoms with Gasteiger partial charge in [-0.05, 0) is 30.5 Å². The first-order valence-corrected chi connectivity index (χ1v) is 9.97. The lowest BCUT2D eigenvalue weighted by molar-refractivity contribution is -0.125. The zero-order valence-corrected chi connectivity index (χ0v) is 15.8. The number of amides is 1. The SMILES string of the molecule is O=C(NCc1ccco1)C1CCCN(c2nc(Cc3ccccc3)ns2)C1. The molecule has 0 spiro atoms. The molecular formula is C20H22N4O2S. The molecule has 1 aromatic carbocycles. The predicted octanol–water partition coefficient (Wildman–Crippen LogP) is 3.25. The molecule has 4 rings (SSSR count). The Morgan fingerprint density at radius 1 is 1.26 bits per heavy atom. The maximum absolute atomic E-state index is 12.5. The van der Waals surface area contributed by atoms with Crippen LogP contribution in [0, 0.1) is 5.92 Å². The highest BCUT2D eigenvalue weighted by Crippen LogP contribution is 2.25. The predicted molar refractivity (Wildman–Crippen MR) is 105 cm³/mol. The van der Waals surface area contributed by atoms with Crippen LogP contribution in [0.3, 0.4) is 0 Å². The van der Waals surface area contributed by atoms with E-state index in [1.165, 1.54) is 17.1 Å². The fourth-order valence-corrected chi connectivity index (χ4v) is 4.04. The normalized spacial score (nSPS) is 17.0. The summed E-state index contributed by atoms with van der Waals surface area (Å²) in [6.07, 6.45) is 4.23. The quantitative estimate of drug-likeness (QED) is 0.709. The van der Waals surface area contributed by atoms with Gasteiger partial charge in [0.25, 0.3) is 0 Å². The lowest BCUT2D eigenvalue weighted by atomic mass is 9.97. The van der Waals surface area contributed by atoms with Crippen LogP contribution < -0.4 is 10.2 Å². The number of benzene rings is 1. The van der Waals surface area contributed by atoms with Crippen LogP contribution in [-0.2, 0) is 17.8 Å². The van der Waals surface area contributed by atoms with Crippen molar-refractivity contribution in [2.45, 2.75) is 25.8 Å². The summed E-state index contributed by atoms with van der Waals surface area (Å²) in [6, 6.07) is 13.9. The molecule has 2 aromatic heterocycles. The van der Waals surface area contributed by atoms with Gasteiger partial charge in [0.15, 0.2) is 0 Å². The second-order valence-electron chi connectivity index (χ2n) is 6.74. The monoisotopic (exact) mass is 382 g/mol. The van der Waals surface area contributed by atoms with Gasteiger partial charge >= 0.3 is 0 Å². The molecule has 27 heavy (non-hydrogen) atoms. The zero-order valence-electron chi connectivity index (χ0n) is 15.0. The first kappa shape index (κ1) is 17.7. The van der Waals surface area contributed by atoms with Crippen LogP contribution >= 0.6 is 11.5 Å². The molecule has 1 atom stereocenters. The highest BCUT2D eigenvalue weighted by molar-refractivity contribution is 7.09. The fourth-order valence-electron chi connectivity index (χ4n) is 3.32. The van der Waals surface area contributed by atoms with Crippen molar-refractivity contribution in [3.05, 3.63) is 65.9 Å². The number of hydrogen-bond acceptors (Lipinski definition) is 6. The van der Waals surface area contributed by atoms with Crippen molar-refractivity contribution in [1.29, 1.82) is 0 Å². The smallest absolute Gasteiger partial charge is 0.225 e. The van der Waals surface area contributed by atoms with Gasteiger partial charge < -0.3 is 14.6 Å². The molecule has 1 aliphatic heterocycles. The largest absolute Gasteiger partial charge is 0.467 e. The summed E-state index contributed by atoms with van der Waals surface area (Å²) in [5.74, 6) is 1.65. The van der Waals surface area contributed by atoms with E-state index in [0.29, 0.717) is 13.1 Å². The Labute approximate surface area is 162 Å². The minimum Gasteiger partial charge on any atom is -0.467 e. The molecule has 1 N–H and O–H groups in total. The maximum Gasteiger partial charge on any atom is 0.225 e. The lowest BCUT2D eigenvalue weighted by Gasteiger charge is -2.31. The van der Waals surface area contributed by atoms with Crippen molar-refractivity contribution >= 4 is 22.6 Å². The molecule has 3 heterocycles. The van der Waals surface area contributed by atoms with E-state index in [1.807, 2.05) is 30.3 Å². The van der Waals surface area contributed by atoms with Gasteiger partial charge in [0.2, 0.25) is 11.0 Å². The molecule has 0 radical (unpaired) electrons. The van der Waals surface area contributed by atoms with E-state index in [1.54, 1.807) is 6.26 Å². The summed E-state index contributed by atoms with van der Waals surface area (Å²) in [7, 11) is 0. The Morgan fingerprint density at radius 2 is 2.15 bits per heavy atom. The Balaban J connectivity index is 1.34. The summed E-state index contributed by atoms with van der Waals surface area (Å²) in [4.78, 5) is 19.4. The van der Waals surface area contributed by atoms with Crippen LogP contribution in [0.25, 0.3) is 0 Å². The van der Waals surface area contributed by atoms with Crippen LogP contribution in [0.15, 0.2) is 53.1 Å². The van der Waals surface area contributed by atoms with Crippen LogP contribution in [-0.4, -0.2) is 28.4 Å². The average Bonchev–Trinajstić information content (AvgIpc) is 3.39. The summed E-state index contributed by atoms with van der Waals surface area (Å²) in [5, 5.41) is 3.88. The molecule has 7 heteroatoms. The molecule has 0 saturated carbocycles. The molecular weight excluding hydrogens is 360 g/mol. The van der Waals surface area contributed by atoms with Crippen LogP contribution in [0.5, 0.6) is 0 Å². The first-order chi connectivity index (χ1) is 13.3. The minimum atomic E-state index is -0.0322. The van der Waals surface area contributed by atoms with Crippen LogP contribution in [0.2, 0.25) is 0 Å². The molecule has 1 amide bonds. The Kier molecular flexibility index (Phi) is 5.48. The molecule has 3 aromatic rings. The van der Waals surface area contributed by atoms with E-state index in [4.69, 9.17) is 9.40 Å². The molecule has 1 fully saturated rings. The number of piperidine rings is 1. The summed E-state index contributed by atoms with van der Waals surface area (Å²) >= 11 is 1.42. The van der Waals surface area contributed by atoms with E-state index < -0.39 is 0 Å². The Bertz CT molecular complexity index is 863. The molecule has 1 saturated heterocycles. The third-order valence-electron chi connectivity index (χ3n) is 4.74. The van der Waals surface area contributed by atoms with E-state index in [0.717, 1.165) is 42.5 Å². The third kappa shape index (κ3) is 4.54. The fraction of sp³-hybridized carbons (Fsp3) is 0.350. The van der Waals surface area contributed by atoms with Crippen molar-refractivity contribution in [3.63, 3.8) is 0 Å². The van der Waals surface area contributed by atoms with E-state index in [-0.39, 0.29) is 11.8 Å². The van der Waals surface area contributed by atoms with E-state index in [2.05, 4.69) is 26.7 Å². The van der Waals surface area contributed by atoms with E-state index in [9.17, 15) is 4.79 Å². The molecule has 0 aliphatic carbocycles. The highest BCUT2D eigenvalue weighted by atomic mass is 32.1. The average molecular weight is 382 g/mol. The van der Waals surface area contributed by atoms with Gasteiger partial charge in [-0.3, -0.25) is 4.79 Å². The van der Waals surface area contributed by atoms with Crippen molar-refractivity contribution < 1.29 is 9.21 Å². The number of nitrogens with zero attached hydrogens (tertiary/aromatic N) is 3. The lowest BCUT2D eigenvalue weighted by Crippen LogP contribution is -2.42. The Morgan fingerprint density at radius 3 is 2.96 bits per heavy atom. The number of aromatic nitrogens is 2. The van der Waals surface area contributed by atoms with Gasteiger partial charge in [-0.2, -0.15) is 4.37 Å². The van der Waals surface area contributed by atoms with Gasteiger partial charge in [-0.25, -0.2) is 4.98 Å². The van der Waals surface area contributed by atoms with Crippen molar-refractivity contribution in [2.75, 3.05) is 18.0 Å². The van der Waals surface area contributed by atoms with Gasteiger partial charge in [-0.1, -0.05) is 30.3 Å².